The number of amides is 1. The Hall–Kier alpha value is -0.290. The number of carbonyl (C=O) groups is 1. The van der Waals surface area contributed by atoms with Crippen molar-refractivity contribution in [1.82, 2.24) is 4.90 Å². The molecule has 1 amide bonds. The predicted octanol–water partition coefficient (Wildman–Crippen LogP) is 2.94. The zero-order chi connectivity index (χ0) is 12.6. The highest BCUT2D eigenvalue weighted by Gasteiger charge is 2.30. The smallest absolute Gasteiger partial charge is 0.265 e. The number of rotatable bonds is 2. The maximum atomic E-state index is 12.3. The summed E-state index contributed by atoms with van der Waals surface area (Å²) in [6, 6.07) is 0.147. The molecule has 0 spiro atoms. The third-order valence-electron chi connectivity index (χ3n) is 3.35. The van der Waals surface area contributed by atoms with Gasteiger partial charge in [0.1, 0.15) is 4.88 Å². The molecule has 2 atom stereocenters. The molecule has 6 heteroatoms. The van der Waals surface area contributed by atoms with E-state index in [1.54, 1.807) is 0 Å². The lowest BCUT2D eigenvalue weighted by atomic mass is 10.0. The second kappa shape index (κ2) is 6.24. The largest absolute Gasteiger partial charge is 0.338 e. The van der Waals surface area contributed by atoms with Gasteiger partial charge in [-0.15, -0.1) is 23.7 Å². The summed E-state index contributed by atoms with van der Waals surface area (Å²) < 4.78 is 0. The topological polar surface area (TPSA) is 46.3 Å². The van der Waals surface area contributed by atoms with Crippen LogP contribution in [0.3, 0.4) is 0 Å². The second-order valence-corrected chi connectivity index (χ2v) is 5.98. The summed E-state index contributed by atoms with van der Waals surface area (Å²) in [5, 5.41) is 2.53. The number of halogens is 2. The molecule has 1 aliphatic rings. The van der Waals surface area contributed by atoms with E-state index < -0.39 is 0 Å². The third-order valence-corrected chi connectivity index (χ3v) is 5.03. The zero-order valence-electron chi connectivity index (χ0n) is 10.5. The maximum absolute atomic E-state index is 12.3. The van der Waals surface area contributed by atoms with E-state index in [9.17, 15) is 4.79 Å². The first-order chi connectivity index (χ1) is 8.00. The minimum atomic E-state index is 0. The fraction of sp³-hybridized carbons (Fsp3) is 0.583. The quantitative estimate of drug-likeness (QED) is 0.913. The molecule has 0 radical (unpaired) electrons. The van der Waals surface area contributed by atoms with Gasteiger partial charge < -0.3 is 10.6 Å². The summed E-state index contributed by atoms with van der Waals surface area (Å²) in [5.41, 5.74) is 6.85. The molecule has 18 heavy (non-hydrogen) atoms. The molecule has 3 nitrogen and oxygen atoms in total. The number of thiophene rings is 1. The van der Waals surface area contributed by atoms with Crippen molar-refractivity contribution in [3.63, 3.8) is 0 Å². The molecule has 2 heterocycles. The van der Waals surface area contributed by atoms with Crippen molar-refractivity contribution in [1.29, 1.82) is 0 Å². The molecule has 0 bridgehead atoms. The van der Waals surface area contributed by atoms with Crippen LogP contribution in [0.4, 0.5) is 0 Å². The van der Waals surface area contributed by atoms with Gasteiger partial charge in [0, 0.05) is 19.1 Å². The molecule has 0 aliphatic carbocycles. The van der Waals surface area contributed by atoms with Crippen molar-refractivity contribution in [3.05, 3.63) is 20.8 Å². The Morgan fingerprint density at radius 3 is 2.78 bits per heavy atom. The highest BCUT2D eigenvalue weighted by molar-refractivity contribution is 7.13. The van der Waals surface area contributed by atoms with E-state index >= 15 is 0 Å². The van der Waals surface area contributed by atoms with Crippen LogP contribution in [0.5, 0.6) is 0 Å². The molecule has 2 N–H and O–H groups in total. The number of hydrogen-bond acceptors (Lipinski definition) is 3. The Kier molecular flexibility index (Phi) is 5.46. The normalized spacial score (nSPS) is 20.7. The van der Waals surface area contributed by atoms with Gasteiger partial charge in [0.05, 0.1) is 5.02 Å². The van der Waals surface area contributed by atoms with E-state index in [1.807, 2.05) is 24.1 Å². The van der Waals surface area contributed by atoms with Crippen molar-refractivity contribution in [2.24, 2.45) is 11.7 Å². The minimum absolute atomic E-state index is 0. The summed E-state index contributed by atoms with van der Waals surface area (Å²) in [4.78, 5) is 14.8. The molecule has 0 saturated carbocycles. The minimum Gasteiger partial charge on any atom is -0.338 e. The Bertz CT molecular complexity index is 434. The lowest BCUT2D eigenvalue weighted by molar-refractivity contribution is 0.0791. The Morgan fingerprint density at radius 2 is 2.33 bits per heavy atom. The van der Waals surface area contributed by atoms with Crippen LogP contribution in [0.15, 0.2) is 5.38 Å². The summed E-state index contributed by atoms with van der Waals surface area (Å²) in [5.74, 6) is 0.468. The van der Waals surface area contributed by atoms with Crippen molar-refractivity contribution in [2.75, 3.05) is 13.1 Å². The standard InChI is InChI=1S/C12H17ClN2OS.ClH/c1-7-6-17-11(10(7)13)12(16)15-4-3-9(5-15)8(2)14;/h6,8-9H,3-5,14H2,1-2H3;1H. The predicted molar refractivity (Wildman–Crippen MR) is 79.0 cm³/mol. The zero-order valence-corrected chi connectivity index (χ0v) is 12.9. The van der Waals surface area contributed by atoms with Crippen LogP contribution >= 0.6 is 35.3 Å². The van der Waals surface area contributed by atoms with Crippen LogP contribution in [-0.2, 0) is 0 Å². The fourth-order valence-corrected chi connectivity index (χ4v) is 3.36. The lowest BCUT2D eigenvalue weighted by Gasteiger charge is -2.17. The van der Waals surface area contributed by atoms with Crippen molar-refractivity contribution < 1.29 is 4.79 Å². The molecule has 1 aliphatic heterocycles. The molecule has 2 unspecified atom stereocenters. The van der Waals surface area contributed by atoms with E-state index in [4.69, 9.17) is 17.3 Å². The van der Waals surface area contributed by atoms with Crippen LogP contribution in [0.25, 0.3) is 0 Å². The number of carbonyl (C=O) groups excluding carboxylic acids is 1. The Balaban J connectivity index is 0.00000162. The van der Waals surface area contributed by atoms with Crippen LogP contribution < -0.4 is 5.73 Å². The van der Waals surface area contributed by atoms with Crippen LogP contribution in [0.2, 0.25) is 5.02 Å². The Labute approximate surface area is 123 Å². The average Bonchev–Trinajstić information content (AvgIpc) is 2.87. The molecular formula is C12H18Cl2N2OS. The molecule has 1 aromatic heterocycles. The van der Waals surface area contributed by atoms with Gasteiger partial charge in [-0.25, -0.2) is 0 Å². The first-order valence-electron chi connectivity index (χ1n) is 5.79. The first-order valence-corrected chi connectivity index (χ1v) is 7.05. The fourth-order valence-electron chi connectivity index (χ4n) is 2.12. The lowest BCUT2D eigenvalue weighted by Crippen LogP contribution is -2.32. The molecule has 1 saturated heterocycles. The van der Waals surface area contributed by atoms with Gasteiger partial charge in [0.2, 0.25) is 0 Å². The number of hydrogen-bond donors (Lipinski definition) is 1. The molecular weight excluding hydrogens is 291 g/mol. The third kappa shape index (κ3) is 2.99. The number of aryl methyl sites for hydroxylation is 1. The van der Waals surface area contributed by atoms with Crippen LogP contribution in [-0.4, -0.2) is 29.9 Å². The van der Waals surface area contributed by atoms with E-state index in [-0.39, 0.29) is 24.4 Å². The van der Waals surface area contributed by atoms with Gasteiger partial charge in [0.15, 0.2) is 0 Å². The SMILES string of the molecule is Cc1csc(C(=O)N2CCC(C(C)N)C2)c1Cl.Cl. The first kappa shape index (κ1) is 15.8. The van der Waals surface area contributed by atoms with Gasteiger partial charge in [-0.05, 0) is 37.1 Å². The van der Waals surface area contributed by atoms with Gasteiger partial charge in [0.25, 0.3) is 5.91 Å². The van der Waals surface area contributed by atoms with Crippen LogP contribution in [0.1, 0.15) is 28.6 Å². The highest BCUT2D eigenvalue weighted by Crippen LogP contribution is 2.30. The second-order valence-electron chi connectivity index (χ2n) is 4.72. The molecule has 2 rings (SSSR count). The molecule has 1 fully saturated rings. The summed E-state index contributed by atoms with van der Waals surface area (Å²) >= 11 is 7.55. The van der Waals surface area contributed by atoms with Crippen LogP contribution in [0, 0.1) is 12.8 Å². The van der Waals surface area contributed by atoms with E-state index in [0.717, 1.165) is 25.1 Å². The van der Waals surface area contributed by atoms with Gasteiger partial charge in [-0.3, -0.25) is 4.79 Å². The van der Waals surface area contributed by atoms with Crippen molar-refractivity contribution in [3.8, 4) is 0 Å². The summed E-state index contributed by atoms with van der Waals surface area (Å²) in [6.45, 7) is 5.47. The highest BCUT2D eigenvalue weighted by atomic mass is 35.5. The van der Waals surface area contributed by atoms with Crippen molar-refractivity contribution in [2.45, 2.75) is 26.3 Å². The van der Waals surface area contributed by atoms with Gasteiger partial charge in [-0.1, -0.05) is 11.6 Å². The van der Waals surface area contributed by atoms with E-state index in [0.29, 0.717) is 15.8 Å². The number of likely N-dealkylation sites (tertiary alicyclic amines) is 1. The van der Waals surface area contributed by atoms with Crippen molar-refractivity contribution >= 4 is 41.3 Å². The van der Waals surface area contributed by atoms with Gasteiger partial charge >= 0.3 is 0 Å². The summed E-state index contributed by atoms with van der Waals surface area (Å²) in [7, 11) is 0. The maximum Gasteiger partial charge on any atom is 0.265 e. The number of nitrogens with zero attached hydrogens (tertiary/aromatic N) is 1. The van der Waals surface area contributed by atoms with Gasteiger partial charge in [-0.2, -0.15) is 0 Å². The number of nitrogens with two attached hydrogens (primary N) is 1. The van der Waals surface area contributed by atoms with E-state index in [1.165, 1.54) is 11.3 Å². The molecule has 1 aromatic rings. The average molecular weight is 309 g/mol. The van der Waals surface area contributed by atoms with E-state index in [2.05, 4.69) is 0 Å². The summed E-state index contributed by atoms with van der Waals surface area (Å²) in [6.07, 6.45) is 0.991. The molecule has 102 valence electrons. The Morgan fingerprint density at radius 1 is 1.67 bits per heavy atom. The monoisotopic (exact) mass is 308 g/mol. The molecule has 0 aromatic carbocycles.